The number of hydrogen-bond acceptors (Lipinski definition) is 6. The molecule has 0 saturated carbocycles. The van der Waals surface area contributed by atoms with Gasteiger partial charge < -0.3 is 14.2 Å². The van der Waals surface area contributed by atoms with Crippen LogP contribution in [-0.4, -0.2) is 37.2 Å². The summed E-state index contributed by atoms with van der Waals surface area (Å²) in [6.07, 6.45) is 97.7. The first-order chi connectivity index (χ1) is 40.5. The zero-order valence-corrected chi connectivity index (χ0v) is 53.5. The SMILES string of the molecule is CC/C=C\C/C=C\C/C=C\C/C=C\C/C=C\C/C=C\C/C=C\CCCCCCCCCCCCCCCC(=O)OCC(COC(=O)CCCCCCC/C=C\CCC)OC(=O)CCCCCCCC/C=C\C/C=C\C/C=C\CCCCC. The van der Waals surface area contributed by atoms with Crippen molar-refractivity contribution in [2.75, 3.05) is 13.2 Å². The fourth-order valence-electron chi connectivity index (χ4n) is 9.26. The minimum atomic E-state index is -0.792. The molecule has 0 aromatic rings. The summed E-state index contributed by atoms with van der Waals surface area (Å²) in [6.45, 7) is 6.43. The van der Waals surface area contributed by atoms with Crippen LogP contribution in [-0.2, 0) is 28.6 Å². The van der Waals surface area contributed by atoms with Gasteiger partial charge in [0.2, 0.25) is 0 Å². The molecule has 6 heteroatoms. The van der Waals surface area contributed by atoms with Crippen molar-refractivity contribution < 1.29 is 28.6 Å². The Balaban J connectivity index is 4.18. The van der Waals surface area contributed by atoms with E-state index >= 15 is 0 Å². The molecule has 0 N–H and O–H groups in total. The summed E-state index contributed by atoms with van der Waals surface area (Å²) in [7, 11) is 0. The van der Waals surface area contributed by atoms with Crippen molar-refractivity contribution in [2.24, 2.45) is 0 Å². The van der Waals surface area contributed by atoms with Crippen LogP contribution in [0.5, 0.6) is 0 Å². The van der Waals surface area contributed by atoms with Crippen LogP contribution in [0, 0.1) is 0 Å². The van der Waals surface area contributed by atoms with Gasteiger partial charge in [0, 0.05) is 19.3 Å². The molecule has 0 bridgehead atoms. The van der Waals surface area contributed by atoms with Gasteiger partial charge in [-0.2, -0.15) is 0 Å². The number of esters is 3. The maximum Gasteiger partial charge on any atom is 0.306 e. The van der Waals surface area contributed by atoms with E-state index in [1.54, 1.807) is 0 Å². The topological polar surface area (TPSA) is 78.9 Å². The van der Waals surface area contributed by atoms with Crippen molar-refractivity contribution in [3.8, 4) is 0 Å². The first-order valence-electron chi connectivity index (χ1n) is 34.2. The van der Waals surface area contributed by atoms with Crippen molar-refractivity contribution in [2.45, 2.75) is 316 Å². The zero-order chi connectivity index (χ0) is 59.2. The standard InChI is InChI=1S/C76H126O6/c1-4-7-10-13-16-19-22-24-26-28-30-31-32-33-34-35-36-37-38-39-40-41-42-43-44-45-47-48-50-52-54-57-60-63-66-69-75(78)81-72-73(71-80-74(77)68-65-62-59-56-21-18-15-12-9-6-3)82-76(79)70-67-64-61-58-55-53-51-49-46-29-27-25-23-20-17-14-11-8-5-2/h7,10,12,15-17,19-20,24-27,30-31,33-34,36-37,39-40,46,49,73H,4-6,8-9,11,13-14,18,21-23,28-29,32,35,38,41-45,47-48,50-72H2,1-3H3/b10-7-,15-12-,19-16-,20-17-,26-24-,27-25-,31-30-,34-33-,37-36-,40-39-,49-46-. The molecule has 466 valence electrons. The van der Waals surface area contributed by atoms with Crippen LogP contribution in [0.4, 0.5) is 0 Å². The van der Waals surface area contributed by atoms with Crippen LogP contribution in [0.2, 0.25) is 0 Å². The molecular weight excluding hydrogens is 1010 g/mol. The van der Waals surface area contributed by atoms with Crippen LogP contribution in [0.15, 0.2) is 134 Å². The second-order valence-corrected chi connectivity index (χ2v) is 22.3. The smallest absolute Gasteiger partial charge is 0.306 e. The van der Waals surface area contributed by atoms with Gasteiger partial charge in [-0.1, -0.05) is 289 Å². The number of hydrogen-bond donors (Lipinski definition) is 0. The third-order valence-electron chi connectivity index (χ3n) is 14.3. The molecule has 1 atom stereocenters. The van der Waals surface area contributed by atoms with E-state index in [2.05, 4.69) is 154 Å². The maximum atomic E-state index is 12.9. The molecule has 0 saturated heterocycles. The highest BCUT2D eigenvalue weighted by Gasteiger charge is 2.19. The van der Waals surface area contributed by atoms with Crippen molar-refractivity contribution in [3.05, 3.63) is 134 Å². The lowest BCUT2D eigenvalue weighted by Gasteiger charge is -2.18. The molecule has 0 heterocycles. The summed E-state index contributed by atoms with van der Waals surface area (Å²) >= 11 is 0. The number of allylic oxidation sites excluding steroid dienone is 22. The zero-order valence-electron chi connectivity index (χ0n) is 53.5. The molecule has 82 heavy (non-hydrogen) atoms. The molecule has 0 aliphatic heterocycles. The van der Waals surface area contributed by atoms with Crippen molar-refractivity contribution in [1.82, 2.24) is 0 Å². The third-order valence-corrected chi connectivity index (χ3v) is 14.3. The van der Waals surface area contributed by atoms with Gasteiger partial charge in [0.05, 0.1) is 0 Å². The van der Waals surface area contributed by atoms with Crippen LogP contribution < -0.4 is 0 Å². The lowest BCUT2D eigenvalue weighted by molar-refractivity contribution is -0.167. The van der Waals surface area contributed by atoms with Crippen LogP contribution >= 0.6 is 0 Å². The first kappa shape index (κ1) is 77.5. The van der Waals surface area contributed by atoms with Gasteiger partial charge in [-0.05, 0) is 135 Å². The number of carbonyl (C=O) groups is 3. The van der Waals surface area contributed by atoms with Crippen LogP contribution in [0.25, 0.3) is 0 Å². The summed E-state index contributed by atoms with van der Waals surface area (Å²) < 4.78 is 16.9. The average molecular weight is 1140 g/mol. The molecular formula is C76H126O6. The molecule has 0 radical (unpaired) electrons. The second-order valence-electron chi connectivity index (χ2n) is 22.3. The van der Waals surface area contributed by atoms with Gasteiger partial charge in [0.15, 0.2) is 6.10 Å². The lowest BCUT2D eigenvalue weighted by Crippen LogP contribution is -2.30. The molecule has 0 fully saturated rings. The largest absolute Gasteiger partial charge is 0.462 e. The van der Waals surface area contributed by atoms with E-state index in [1.165, 1.54) is 122 Å². The van der Waals surface area contributed by atoms with E-state index in [0.717, 1.165) is 148 Å². The predicted molar refractivity (Wildman–Crippen MR) is 357 cm³/mol. The molecule has 0 aliphatic carbocycles. The monoisotopic (exact) mass is 1130 g/mol. The molecule has 6 nitrogen and oxygen atoms in total. The molecule has 0 aromatic carbocycles. The number of rotatable bonds is 61. The summed E-state index contributed by atoms with van der Waals surface area (Å²) in [5.74, 6) is -0.908. The van der Waals surface area contributed by atoms with Crippen molar-refractivity contribution >= 4 is 17.9 Å². The van der Waals surface area contributed by atoms with Gasteiger partial charge in [-0.3, -0.25) is 14.4 Å². The molecule has 0 aliphatic rings. The minimum absolute atomic E-state index is 0.0878. The summed E-state index contributed by atoms with van der Waals surface area (Å²) in [5.41, 5.74) is 0. The fraction of sp³-hybridized carbons (Fsp3) is 0.671. The summed E-state index contributed by atoms with van der Waals surface area (Å²) in [4.78, 5) is 38.3. The highest BCUT2D eigenvalue weighted by molar-refractivity contribution is 5.71. The minimum Gasteiger partial charge on any atom is -0.462 e. The fourth-order valence-corrected chi connectivity index (χ4v) is 9.26. The van der Waals surface area contributed by atoms with E-state index < -0.39 is 6.10 Å². The Morgan fingerprint density at radius 3 is 0.805 bits per heavy atom. The van der Waals surface area contributed by atoms with Crippen molar-refractivity contribution in [3.63, 3.8) is 0 Å². The molecule has 0 amide bonds. The number of ether oxygens (including phenoxy) is 3. The van der Waals surface area contributed by atoms with E-state index in [0.29, 0.717) is 19.3 Å². The van der Waals surface area contributed by atoms with E-state index in [-0.39, 0.29) is 31.1 Å². The molecule has 1 unspecified atom stereocenters. The first-order valence-corrected chi connectivity index (χ1v) is 34.2. The van der Waals surface area contributed by atoms with E-state index in [4.69, 9.17) is 14.2 Å². The number of carbonyl (C=O) groups excluding carboxylic acids is 3. The Morgan fingerprint density at radius 1 is 0.256 bits per heavy atom. The Kier molecular flexibility index (Phi) is 65.3. The lowest BCUT2D eigenvalue weighted by atomic mass is 10.0. The van der Waals surface area contributed by atoms with Gasteiger partial charge in [-0.15, -0.1) is 0 Å². The summed E-state index contributed by atoms with van der Waals surface area (Å²) in [6, 6.07) is 0. The van der Waals surface area contributed by atoms with Crippen LogP contribution in [0.1, 0.15) is 310 Å². The Labute approximate surface area is 506 Å². The van der Waals surface area contributed by atoms with Gasteiger partial charge in [0.25, 0.3) is 0 Å². The van der Waals surface area contributed by atoms with Gasteiger partial charge in [0.1, 0.15) is 13.2 Å². The Bertz CT molecular complexity index is 1730. The Morgan fingerprint density at radius 2 is 0.500 bits per heavy atom. The van der Waals surface area contributed by atoms with Crippen molar-refractivity contribution in [1.29, 1.82) is 0 Å². The van der Waals surface area contributed by atoms with Crippen LogP contribution in [0.3, 0.4) is 0 Å². The van der Waals surface area contributed by atoms with Gasteiger partial charge in [-0.25, -0.2) is 0 Å². The summed E-state index contributed by atoms with van der Waals surface area (Å²) in [5, 5.41) is 0. The quantitative estimate of drug-likeness (QED) is 0.0261. The second kappa shape index (κ2) is 69.0. The van der Waals surface area contributed by atoms with E-state index in [9.17, 15) is 14.4 Å². The van der Waals surface area contributed by atoms with Gasteiger partial charge >= 0.3 is 17.9 Å². The van der Waals surface area contributed by atoms with E-state index in [1.807, 2.05) is 0 Å². The normalized spacial score (nSPS) is 13.0. The molecule has 0 aromatic heterocycles. The third kappa shape index (κ3) is 66.4. The Hall–Kier alpha value is -4.45. The molecule has 0 spiro atoms. The predicted octanol–water partition coefficient (Wildman–Crippen LogP) is 23.7. The highest BCUT2D eigenvalue weighted by atomic mass is 16.6. The number of unbranched alkanes of at least 4 members (excludes halogenated alkanes) is 28. The maximum absolute atomic E-state index is 12.9. The molecule has 0 rings (SSSR count). The highest BCUT2D eigenvalue weighted by Crippen LogP contribution is 2.16. The average Bonchev–Trinajstić information content (AvgIpc) is 3.48.